The zero-order chi connectivity index (χ0) is 18.2. The molecule has 1 N–H and O–H groups in total. The summed E-state index contributed by atoms with van der Waals surface area (Å²) in [6, 6.07) is 22.1. The Hall–Kier alpha value is -2.28. The average molecular weight is 332 g/mol. The van der Waals surface area contributed by atoms with Crippen molar-refractivity contribution in [1.29, 1.82) is 0 Å². The predicted octanol–water partition coefficient (Wildman–Crippen LogP) is 6.94. The van der Waals surface area contributed by atoms with Crippen LogP contribution in [0.2, 0.25) is 0 Å². The summed E-state index contributed by atoms with van der Waals surface area (Å²) in [5.41, 5.74) is 7.88. The normalized spacial score (nSPS) is 12.4. The van der Waals surface area contributed by atoms with Gasteiger partial charge in [0.2, 0.25) is 0 Å². The number of benzene rings is 2. The van der Waals surface area contributed by atoms with Crippen LogP contribution in [-0.2, 0) is 10.8 Å². The maximum atomic E-state index is 3.56. The Kier molecular flexibility index (Phi) is 4.36. The third-order valence-electron chi connectivity index (χ3n) is 4.81. The van der Waals surface area contributed by atoms with Crippen molar-refractivity contribution in [2.45, 2.75) is 52.4 Å². The van der Waals surface area contributed by atoms with Gasteiger partial charge in [-0.05, 0) is 45.2 Å². The van der Waals surface area contributed by atoms with Gasteiger partial charge in [0.15, 0.2) is 0 Å². The Morgan fingerprint density at radius 1 is 0.480 bits per heavy atom. The molecule has 0 atom stereocenters. The molecule has 0 aliphatic heterocycles. The van der Waals surface area contributed by atoms with Gasteiger partial charge in [0.25, 0.3) is 0 Å². The maximum absolute atomic E-state index is 3.56. The van der Waals surface area contributed by atoms with Crippen LogP contribution in [0.4, 0.5) is 0 Å². The quantitative estimate of drug-likeness (QED) is 0.523. The van der Waals surface area contributed by atoms with E-state index in [0.717, 1.165) is 11.4 Å². The fraction of sp³-hybridized carbons (Fsp3) is 0.333. The van der Waals surface area contributed by atoms with Crippen molar-refractivity contribution >= 4 is 0 Å². The molecule has 0 spiro atoms. The molecule has 0 unspecified atom stereocenters. The molecule has 1 heterocycles. The first-order chi connectivity index (χ1) is 11.6. The van der Waals surface area contributed by atoms with E-state index in [0.29, 0.717) is 0 Å². The fourth-order valence-electron chi connectivity index (χ4n) is 3.03. The first-order valence-electron chi connectivity index (χ1n) is 9.05. The van der Waals surface area contributed by atoms with E-state index < -0.39 is 0 Å². The monoisotopic (exact) mass is 331 g/mol. The molecule has 0 amide bonds. The molecule has 25 heavy (non-hydrogen) atoms. The Balaban J connectivity index is 1.85. The third-order valence-corrected chi connectivity index (χ3v) is 4.81. The van der Waals surface area contributed by atoms with E-state index in [1.165, 1.54) is 22.3 Å². The number of aromatic nitrogens is 1. The third kappa shape index (κ3) is 3.87. The van der Waals surface area contributed by atoms with Crippen molar-refractivity contribution in [3.63, 3.8) is 0 Å². The number of H-pyrrole nitrogens is 1. The fourth-order valence-corrected chi connectivity index (χ4v) is 3.03. The summed E-state index contributed by atoms with van der Waals surface area (Å²) in [7, 11) is 0. The van der Waals surface area contributed by atoms with Crippen molar-refractivity contribution in [2.24, 2.45) is 0 Å². The Morgan fingerprint density at radius 2 is 0.800 bits per heavy atom. The summed E-state index contributed by atoms with van der Waals surface area (Å²) in [6.45, 7) is 13.5. The number of hydrogen-bond acceptors (Lipinski definition) is 0. The lowest BCUT2D eigenvalue weighted by molar-refractivity contribution is 0.590. The second kappa shape index (κ2) is 6.22. The summed E-state index contributed by atoms with van der Waals surface area (Å²) in [4.78, 5) is 3.56. The van der Waals surface area contributed by atoms with E-state index in [9.17, 15) is 0 Å². The highest BCUT2D eigenvalue weighted by Gasteiger charge is 2.14. The summed E-state index contributed by atoms with van der Waals surface area (Å²) in [5.74, 6) is 0. The smallest absolute Gasteiger partial charge is 0.0458 e. The van der Waals surface area contributed by atoms with E-state index in [4.69, 9.17) is 0 Å². The highest BCUT2D eigenvalue weighted by molar-refractivity contribution is 5.68. The standard InChI is InChI=1S/C24H29N/c1-23(2,3)19-11-7-17(8-12-19)21-15-16-22(25-21)18-9-13-20(14-10-18)24(4,5)6/h7-16,25H,1-6H3. The van der Waals surface area contributed by atoms with E-state index in [-0.39, 0.29) is 10.8 Å². The molecule has 2 aromatic carbocycles. The van der Waals surface area contributed by atoms with Gasteiger partial charge in [0.05, 0.1) is 0 Å². The lowest BCUT2D eigenvalue weighted by Crippen LogP contribution is -2.10. The highest BCUT2D eigenvalue weighted by Crippen LogP contribution is 2.29. The van der Waals surface area contributed by atoms with Crippen LogP contribution in [0.15, 0.2) is 60.7 Å². The highest BCUT2D eigenvalue weighted by atomic mass is 14.7. The SMILES string of the molecule is CC(C)(C)c1ccc(-c2ccc(-c3ccc(C(C)(C)C)cc3)[nH]2)cc1. The molecule has 3 aromatic rings. The Morgan fingerprint density at radius 3 is 1.08 bits per heavy atom. The predicted molar refractivity (Wildman–Crippen MR) is 109 cm³/mol. The zero-order valence-electron chi connectivity index (χ0n) is 16.3. The Bertz CT molecular complexity index is 763. The van der Waals surface area contributed by atoms with Crippen LogP contribution in [0.1, 0.15) is 52.7 Å². The number of rotatable bonds is 2. The minimum Gasteiger partial charge on any atom is -0.355 e. The summed E-state index contributed by atoms with van der Waals surface area (Å²) in [6.07, 6.45) is 0. The van der Waals surface area contributed by atoms with Crippen LogP contribution in [0, 0.1) is 0 Å². The van der Waals surface area contributed by atoms with Crippen molar-refractivity contribution in [2.75, 3.05) is 0 Å². The van der Waals surface area contributed by atoms with E-state index in [1.807, 2.05) is 0 Å². The van der Waals surface area contributed by atoms with Gasteiger partial charge >= 0.3 is 0 Å². The van der Waals surface area contributed by atoms with E-state index in [2.05, 4.69) is 107 Å². The van der Waals surface area contributed by atoms with E-state index in [1.54, 1.807) is 0 Å². The largest absolute Gasteiger partial charge is 0.355 e. The average Bonchev–Trinajstić information content (AvgIpc) is 3.03. The topological polar surface area (TPSA) is 15.8 Å². The maximum Gasteiger partial charge on any atom is 0.0458 e. The minimum atomic E-state index is 0.189. The minimum absolute atomic E-state index is 0.189. The second-order valence-electron chi connectivity index (χ2n) is 8.94. The van der Waals surface area contributed by atoms with Gasteiger partial charge in [-0.15, -0.1) is 0 Å². The van der Waals surface area contributed by atoms with Crippen molar-refractivity contribution in [1.82, 2.24) is 4.98 Å². The molecular weight excluding hydrogens is 302 g/mol. The molecule has 130 valence electrons. The number of hydrogen-bond donors (Lipinski definition) is 1. The molecule has 3 rings (SSSR count). The van der Waals surface area contributed by atoms with Gasteiger partial charge in [-0.2, -0.15) is 0 Å². The molecule has 1 nitrogen and oxygen atoms in total. The molecule has 1 heteroatoms. The molecule has 0 fully saturated rings. The summed E-state index contributed by atoms with van der Waals surface area (Å²) < 4.78 is 0. The molecule has 0 saturated carbocycles. The van der Waals surface area contributed by atoms with Crippen molar-refractivity contribution in [3.8, 4) is 22.5 Å². The van der Waals surface area contributed by atoms with Crippen LogP contribution in [0.5, 0.6) is 0 Å². The Labute approximate surface area is 152 Å². The molecule has 0 aliphatic rings. The summed E-state index contributed by atoms with van der Waals surface area (Å²) in [5, 5.41) is 0. The lowest BCUT2D eigenvalue weighted by Gasteiger charge is -2.19. The second-order valence-corrected chi connectivity index (χ2v) is 8.94. The van der Waals surface area contributed by atoms with Crippen molar-refractivity contribution in [3.05, 3.63) is 71.8 Å². The molecule has 0 aliphatic carbocycles. The van der Waals surface area contributed by atoms with Gasteiger partial charge in [0.1, 0.15) is 0 Å². The first kappa shape index (κ1) is 17.5. The van der Waals surface area contributed by atoms with Gasteiger partial charge in [0, 0.05) is 11.4 Å². The first-order valence-corrected chi connectivity index (χ1v) is 9.05. The molecular formula is C24H29N. The zero-order valence-corrected chi connectivity index (χ0v) is 16.3. The molecule has 1 aromatic heterocycles. The van der Waals surface area contributed by atoms with Crippen LogP contribution in [-0.4, -0.2) is 4.98 Å². The number of aromatic amines is 1. The van der Waals surface area contributed by atoms with Crippen LogP contribution in [0.25, 0.3) is 22.5 Å². The molecule has 0 saturated heterocycles. The van der Waals surface area contributed by atoms with Crippen LogP contribution in [0.3, 0.4) is 0 Å². The van der Waals surface area contributed by atoms with Gasteiger partial charge in [-0.1, -0.05) is 90.1 Å². The van der Waals surface area contributed by atoms with Crippen LogP contribution < -0.4 is 0 Å². The van der Waals surface area contributed by atoms with Gasteiger partial charge in [-0.3, -0.25) is 0 Å². The summed E-state index contributed by atoms with van der Waals surface area (Å²) >= 11 is 0. The van der Waals surface area contributed by atoms with Crippen molar-refractivity contribution < 1.29 is 0 Å². The molecule has 0 radical (unpaired) electrons. The lowest BCUT2D eigenvalue weighted by atomic mass is 9.86. The molecule has 0 bridgehead atoms. The van der Waals surface area contributed by atoms with Gasteiger partial charge in [-0.25, -0.2) is 0 Å². The van der Waals surface area contributed by atoms with E-state index >= 15 is 0 Å². The van der Waals surface area contributed by atoms with Crippen LogP contribution >= 0.6 is 0 Å². The van der Waals surface area contributed by atoms with Gasteiger partial charge < -0.3 is 4.98 Å². The number of nitrogens with one attached hydrogen (secondary N) is 1.